The van der Waals surface area contributed by atoms with E-state index in [0.29, 0.717) is 77.6 Å². The van der Waals surface area contributed by atoms with Gasteiger partial charge in [0.05, 0.1) is 57.1 Å². The summed E-state index contributed by atoms with van der Waals surface area (Å²) in [5.41, 5.74) is 7.01. The number of rotatable bonds is 18. The molecule has 3 amide bonds. The minimum Gasteiger partial charge on any atom is -0.483 e. The van der Waals surface area contributed by atoms with Gasteiger partial charge in [0, 0.05) is 55.6 Å². The van der Waals surface area contributed by atoms with Gasteiger partial charge in [-0.2, -0.15) is 0 Å². The largest absolute Gasteiger partial charge is 0.483 e. The lowest BCUT2D eigenvalue weighted by Gasteiger charge is -2.21. The number of hydrogen-bond donors (Lipinski definition) is 4. The van der Waals surface area contributed by atoms with Crippen LogP contribution in [-0.4, -0.2) is 90.7 Å². The molecule has 4 aromatic heterocycles. The van der Waals surface area contributed by atoms with Gasteiger partial charge in [0.15, 0.2) is 28.8 Å². The number of benzene rings is 2. The van der Waals surface area contributed by atoms with Crippen LogP contribution in [-0.2, 0) is 32.2 Å². The monoisotopic (exact) mass is 883 g/mol. The zero-order valence-electron chi connectivity index (χ0n) is 40.1. The van der Waals surface area contributed by atoms with Gasteiger partial charge in [-0.05, 0) is 37.6 Å². The molecular formula is C48H70N10O6. The minimum absolute atomic E-state index is 0.0592. The molecule has 0 unspecified atom stereocenters. The fourth-order valence-electron chi connectivity index (χ4n) is 6.50. The molecule has 0 spiro atoms. The first-order chi connectivity index (χ1) is 30.9. The fraction of sp³-hybridized carbons (Fsp3) is 0.479. The van der Waals surface area contributed by atoms with Crippen LogP contribution in [0.15, 0.2) is 58.0 Å². The van der Waals surface area contributed by atoms with E-state index in [0.717, 1.165) is 46.5 Å². The van der Waals surface area contributed by atoms with Crippen molar-refractivity contribution in [1.29, 1.82) is 0 Å². The summed E-state index contributed by atoms with van der Waals surface area (Å²) in [5, 5.41) is 5.54. The van der Waals surface area contributed by atoms with Gasteiger partial charge in [-0.1, -0.05) is 81.2 Å². The molecule has 0 radical (unpaired) electrons. The Kier molecular flexibility index (Phi) is 21.3. The maximum Gasteiger partial charge on any atom is 0.242 e. The van der Waals surface area contributed by atoms with Crippen molar-refractivity contribution in [3.63, 3.8) is 0 Å². The average Bonchev–Trinajstić information content (AvgIpc) is 4.12. The second-order valence-electron chi connectivity index (χ2n) is 14.8. The summed E-state index contributed by atoms with van der Waals surface area (Å²) in [4.78, 5) is 66.5. The number of aromatic nitrogens is 6. The molecule has 2 aromatic carbocycles. The van der Waals surface area contributed by atoms with Crippen LogP contribution in [0.5, 0.6) is 0 Å². The van der Waals surface area contributed by atoms with Crippen LogP contribution >= 0.6 is 0 Å². The van der Waals surface area contributed by atoms with Crippen molar-refractivity contribution in [2.75, 3.05) is 33.3 Å². The standard InChI is InChI=1S/C40H48N10O6.2C3H8.C2H6/c1-8-15-49(35(52)19-41-23(4)54-7)22-33-43-18-31(48-33)29-14-11-26(37-40(29)56-24(5)45-37)27-12-13-28(38-39(27)55-25(6)46-38)30-17-42-32(47-30)21-50(16-9-2)36(53)20-44-34(51)10-3;2*1-3-2;1-2/h11-14,17-18,41H,4,8-10,15-16,19-22H2,1-3,5-7H3,(H,42,47)(H,43,48)(H,44,51);2*3H2,1-2H3;1-2H3. The third-order valence-electron chi connectivity index (χ3n) is 9.24. The second kappa shape index (κ2) is 26.2. The number of oxazole rings is 2. The first-order valence-electron chi connectivity index (χ1n) is 22.5. The lowest BCUT2D eigenvalue weighted by atomic mass is 9.98. The summed E-state index contributed by atoms with van der Waals surface area (Å²) in [6.45, 7) is 27.2. The number of aryl methyl sites for hydroxylation is 2. The Hall–Kier alpha value is -6.45. The lowest BCUT2D eigenvalue weighted by molar-refractivity contribution is -0.133. The van der Waals surface area contributed by atoms with E-state index in [4.69, 9.17) is 23.5 Å². The lowest BCUT2D eigenvalue weighted by Crippen LogP contribution is -2.40. The topological polar surface area (TPSA) is 200 Å². The van der Waals surface area contributed by atoms with Crippen molar-refractivity contribution < 1.29 is 28.0 Å². The number of nitrogens with one attached hydrogen (secondary N) is 4. The van der Waals surface area contributed by atoms with Crippen molar-refractivity contribution >= 4 is 39.9 Å². The zero-order valence-corrected chi connectivity index (χ0v) is 40.1. The number of H-pyrrole nitrogens is 2. The summed E-state index contributed by atoms with van der Waals surface area (Å²) in [7, 11) is 1.49. The molecule has 16 heteroatoms. The maximum atomic E-state index is 13.0. The Bertz CT molecular complexity index is 2240. The molecule has 16 nitrogen and oxygen atoms in total. The van der Waals surface area contributed by atoms with E-state index in [2.05, 4.69) is 64.8 Å². The minimum atomic E-state index is -0.177. The van der Waals surface area contributed by atoms with Crippen LogP contribution in [0.1, 0.15) is 118 Å². The molecule has 0 atom stereocenters. The van der Waals surface area contributed by atoms with E-state index in [9.17, 15) is 14.4 Å². The quantitative estimate of drug-likeness (QED) is 0.0599. The van der Waals surface area contributed by atoms with Crippen molar-refractivity contribution in [2.45, 2.75) is 121 Å². The molecule has 0 bridgehead atoms. The number of ether oxygens (including phenoxy) is 1. The molecule has 0 fully saturated rings. The molecule has 64 heavy (non-hydrogen) atoms. The van der Waals surface area contributed by atoms with Gasteiger partial charge in [0.2, 0.25) is 17.7 Å². The van der Waals surface area contributed by atoms with Crippen molar-refractivity contribution in [3.05, 3.63) is 72.6 Å². The molecule has 4 heterocycles. The number of fused-ring (bicyclic) bond motifs is 2. The van der Waals surface area contributed by atoms with Gasteiger partial charge in [0.1, 0.15) is 22.7 Å². The molecule has 6 rings (SSSR count). The van der Waals surface area contributed by atoms with E-state index in [1.165, 1.54) is 20.0 Å². The normalized spacial score (nSPS) is 10.5. The molecule has 6 aromatic rings. The molecule has 4 N–H and O–H groups in total. The predicted molar refractivity (Wildman–Crippen MR) is 254 cm³/mol. The van der Waals surface area contributed by atoms with E-state index in [1.54, 1.807) is 43.0 Å². The summed E-state index contributed by atoms with van der Waals surface area (Å²) in [6.07, 6.45) is 7.81. The smallest absolute Gasteiger partial charge is 0.242 e. The second-order valence-corrected chi connectivity index (χ2v) is 14.8. The van der Waals surface area contributed by atoms with E-state index in [1.807, 2.05) is 52.0 Å². The Balaban J connectivity index is 0.00000127. The Morgan fingerprint density at radius 1 is 0.672 bits per heavy atom. The van der Waals surface area contributed by atoms with Crippen LogP contribution in [0.4, 0.5) is 0 Å². The molecular weight excluding hydrogens is 813 g/mol. The summed E-state index contributed by atoms with van der Waals surface area (Å²) in [6, 6.07) is 7.86. The highest BCUT2D eigenvalue weighted by molar-refractivity contribution is 6.06. The number of nitrogens with zero attached hydrogens (tertiary/aromatic N) is 6. The SMILES string of the molecule is C=C(NCC(=O)N(CCC)Cc1ncc(-c2ccc(-c3ccc(-c4cnc(CN(CCC)C(=O)CNC(=O)CC)[nH]4)c4nc(C)oc34)c3nc(C)oc23)[nH]1)OC.CC.CCC.CCC. The first kappa shape index (κ1) is 51.9. The average molecular weight is 883 g/mol. The third kappa shape index (κ3) is 13.8. The fourth-order valence-corrected chi connectivity index (χ4v) is 6.50. The number of amides is 3. The number of carbonyl (C=O) groups is 3. The number of carbonyl (C=O) groups excluding carboxylic acids is 3. The van der Waals surface area contributed by atoms with Crippen LogP contribution in [0, 0.1) is 13.8 Å². The van der Waals surface area contributed by atoms with Crippen molar-refractivity contribution in [1.82, 2.24) is 50.3 Å². The van der Waals surface area contributed by atoms with Crippen LogP contribution in [0.3, 0.4) is 0 Å². The first-order valence-corrected chi connectivity index (χ1v) is 22.5. The van der Waals surface area contributed by atoms with E-state index < -0.39 is 0 Å². The van der Waals surface area contributed by atoms with Gasteiger partial charge >= 0.3 is 0 Å². The summed E-state index contributed by atoms with van der Waals surface area (Å²) >= 11 is 0. The van der Waals surface area contributed by atoms with Crippen LogP contribution in [0.2, 0.25) is 0 Å². The summed E-state index contributed by atoms with van der Waals surface area (Å²) < 4.78 is 17.5. The molecule has 348 valence electrons. The van der Waals surface area contributed by atoms with E-state index in [-0.39, 0.29) is 37.4 Å². The number of imidazole rings is 2. The van der Waals surface area contributed by atoms with Crippen molar-refractivity contribution in [3.8, 4) is 33.6 Å². The number of aromatic amines is 2. The van der Waals surface area contributed by atoms with Gasteiger partial charge < -0.3 is 44.0 Å². The zero-order chi connectivity index (χ0) is 47.3. The Labute approximate surface area is 378 Å². The van der Waals surface area contributed by atoms with Gasteiger partial charge in [-0.3, -0.25) is 14.4 Å². The molecule has 0 aliphatic heterocycles. The summed E-state index contributed by atoms with van der Waals surface area (Å²) in [5.74, 6) is 2.09. The molecule has 0 saturated heterocycles. The van der Waals surface area contributed by atoms with Crippen molar-refractivity contribution in [2.24, 2.45) is 0 Å². The Morgan fingerprint density at radius 3 is 1.58 bits per heavy atom. The van der Waals surface area contributed by atoms with E-state index >= 15 is 0 Å². The molecule has 0 aliphatic rings. The van der Waals surface area contributed by atoms with Gasteiger partial charge in [0.25, 0.3) is 0 Å². The van der Waals surface area contributed by atoms with Crippen LogP contribution < -0.4 is 10.6 Å². The predicted octanol–water partition coefficient (Wildman–Crippen LogP) is 9.60. The number of methoxy groups -OCH3 is 1. The van der Waals surface area contributed by atoms with Crippen LogP contribution in [0.25, 0.3) is 55.8 Å². The molecule has 0 saturated carbocycles. The van der Waals surface area contributed by atoms with Gasteiger partial charge in [-0.15, -0.1) is 0 Å². The molecule has 0 aliphatic carbocycles. The highest BCUT2D eigenvalue weighted by Crippen LogP contribution is 2.40. The third-order valence-corrected chi connectivity index (χ3v) is 9.24. The highest BCUT2D eigenvalue weighted by atomic mass is 16.5. The van der Waals surface area contributed by atoms with Gasteiger partial charge in [-0.25, -0.2) is 19.9 Å². The highest BCUT2D eigenvalue weighted by Gasteiger charge is 2.23. The Morgan fingerprint density at radius 2 is 1.09 bits per heavy atom. The number of hydrogen-bond acceptors (Lipinski definition) is 11. The maximum absolute atomic E-state index is 13.0.